The molecule has 1 aliphatic heterocycles. The Hall–Kier alpha value is -0.810. The first kappa shape index (κ1) is 13.6. The minimum atomic E-state index is -2.85. The highest BCUT2D eigenvalue weighted by molar-refractivity contribution is 7.91. The van der Waals surface area contributed by atoms with Gasteiger partial charge in [-0.1, -0.05) is 6.92 Å². The Morgan fingerprint density at radius 2 is 2.28 bits per heavy atom. The molecule has 1 aliphatic rings. The highest BCUT2D eigenvalue weighted by atomic mass is 32.2. The van der Waals surface area contributed by atoms with Gasteiger partial charge in [-0.25, -0.2) is 8.42 Å². The molecule has 0 aliphatic carbocycles. The topological polar surface area (TPSA) is 59.3 Å². The molecule has 4 nitrogen and oxygen atoms in total. The van der Waals surface area contributed by atoms with Crippen molar-refractivity contribution in [3.63, 3.8) is 0 Å². The summed E-state index contributed by atoms with van der Waals surface area (Å²) >= 11 is 0. The second kappa shape index (κ2) is 5.45. The van der Waals surface area contributed by atoms with Crippen LogP contribution in [0.4, 0.5) is 0 Å². The van der Waals surface area contributed by atoms with E-state index in [2.05, 4.69) is 12.2 Å². The molecule has 1 saturated heterocycles. The molecular weight excluding hydrogens is 250 g/mol. The normalized spacial score (nSPS) is 24.2. The zero-order valence-corrected chi connectivity index (χ0v) is 11.8. The first-order valence-corrected chi connectivity index (χ1v) is 8.34. The Kier molecular flexibility index (Phi) is 4.12. The average Bonchev–Trinajstić information content (AvgIpc) is 2.86. The molecule has 2 heterocycles. The van der Waals surface area contributed by atoms with Gasteiger partial charge in [-0.3, -0.25) is 0 Å². The average molecular weight is 271 g/mol. The fraction of sp³-hybridized carbons (Fsp3) is 0.692. The highest BCUT2D eigenvalue weighted by Crippen LogP contribution is 2.32. The van der Waals surface area contributed by atoms with Crippen molar-refractivity contribution in [1.29, 1.82) is 0 Å². The molecular formula is C13H21NO3S. The highest BCUT2D eigenvalue weighted by Gasteiger charge is 2.35. The first-order valence-electron chi connectivity index (χ1n) is 6.52. The van der Waals surface area contributed by atoms with E-state index in [0.717, 1.165) is 30.9 Å². The minimum Gasteiger partial charge on any atom is -0.465 e. The summed E-state index contributed by atoms with van der Waals surface area (Å²) in [4.78, 5) is 0. The Labute approximate surface area is 109 Å². The van der Waals surface area contributed by atoms with E-state index in [9.17, 15) is 8.42 Å². The number of sulfone groups is 1. The lowest BCUT2D eigenvalue weighted by atomic mass is 9.97. The summed E-state index contributed by atoms with van der Waals surface area (Å²) in [5.41, 5.74) is 0. The molecule has 0 saturated carbocycles. The molecule has 18 heavy (non-hydrogen) atoms. The van der Waals surface area contributed by atoms with Gasteiger partial charge in [0.1, 0.15) is 11.5 Å². The van der Waals surface area contributed by atoms with Crippen LogP contribution < -0.4 is 5.32 Å². The molecule has 5 heteroatoms. The Morgan fingerprint density at radius 3 is 2.78 bits per heavy atom. The van der Waals surface area contributed by atoms with E-state index in [1.165, 1.54) is 0 Å². The number of hydrogen-bond acceptors (Lipinski definition) is 4. The van der Waals surface area contributed by atoms with Gasteiger partial charge in [0, 0.05) is 0 Å². The van der Waals surface area contributed by atoms with Gasteiger partial charge in [0.25, 0.3) is 0 Å². The van der Waals surface area contributed by atoms with E-state index >= 15 is 0 Å². The van der Waals surface area contributed by atoms with Crippen LogP contribution in [0.3, 0.4) is 0 Å². The van der Waals surface area contributed by atoms with Crippen molar-refractivity contribution in [1.82, 2.24) is 5.32 Å². The van der Waals surface area contributed by atoms with E-state index in [4.69, 9.17) is 4.42 Å². The predicted molar refractivity (Wildman–Crippen MR) is 71.2 cm³/mol. The number of aryl methyl sites for hydroxylation is 1. The van der Waals surface area contributed by atoms with E-state index < -0.39 is 9.84 Å². The number of hydrogen-bond donors (Lipinski definition) is 1. The number of nitrogens with one attached hydrogen (secondary N) is 1. The van der Waals surface area contributed by atoms with Crippen LogP contribution >= 0.6 is 0 Å². The summed E-state index contributed by atoms with van der Waals surface area (Å²) in [6.45, 7) is 4.88. The van der Waals surface area contributed by atoms with Crippen LogP contribution in [0.15, 0.2) is 16.5 Å². The second-order valence-corrected chi connectivity index (χ2v) is 7.27. The van der Waals surface area contributed by atoms with Crippen molar-refractivity contribution in [3.05, 3.63) is 23.7 Å². The fourth-order valence-corrected chi connectivity index (χ4v) is 4.35. The maximum absolute atomic E-state index is 11.6. The van der Waals surface area contributed by atoms with E-state index in [1.54, 1.807) is 0 Å². The summed E-state index contributed by atoms with van der Waals surface area (Å²) in [5.74, 6) is 2.44. The standard InChI is InChI=1S/C13H21NO3S/c1-3-7-14-13(12-5-4-10(2)17-12)11-6-8-18(15,16)9-11/h4-5,11,13-14H,3,6-9H2,1-2H3. The van der Waals surface area contributed by atoms with Crippen LogP contribution in [-0.2, 0) is 9.84 Å². The van der Waals surface area contributed by atoms with Crippen molar-refractivity contribution >= 4 is 9.84 Å². The summed E-state index contributed by atoms with van der Waals surface area (Å²) in [6.07, 6.45) is 1.75. The maximum atomic E-state index is 11.6. The molecule has 1 aromatic rings. The van der Waals surface area contributed by atoms with Crippen molar-refractivity contribution in [2.24, 2.45) is 5.92 Å². The monoisotopic (exact) mass is 271 g/mol. The molecule has 2 rings (SSSR count). The Morgan fingerprint density at radius 1 is 1.50 bits per heavy atom. The summed E-state index contributed by atoms with van der Waals surface area (Å²) in [6, 6.07) is 3.91. The van der Waals surface area contributed by atoms with Gasteiger partial charge in [0.2, 0.25) is 0 Å². The van der Waals surface area contributed by atoms with E-state index in [-0.39, 0.29) is 17.7 Å². The van der Waals surface area contributed by atoms with Gasteiger partial charge >= 0.3 is 0 Å². The quantitative estimate of drug-likeness (QED) is 0.890. The van der Waals surface area contributed by atoms with Crippen molar-refractivity contribution in [2.75, 3.05) is 18.1 Å². The van der Waals surface area contributed by atoms with Gasteiger partial charge in [-0.15, -0.1) is 0 Å². The van der Waals surface area contributed by atoms with Crippen LogP contribution in [0, 0.1) is 12.8 Å². The molecule has 102 valence electrons. The number of rotatable bonds is 5. The molecule has 0 amide bonds. The van der Waals surface area contributed by atoms with Crippen LogP contribution in [0.25, 0.3) is 0 Å². The molecule has 2 atom stereocenters. The van der Waals surface area contributed by atoms with Gasteiger partial charge in [-0.2, -0.15) is 0 Å². The summed E-state index contributed by atoms with van der Waals surface area (Å²) in [7, 11) is -2.85. The third kappa shape index (κ3) is 3.14. The largest absolute Gasteiger partial charge is 0.465 e. The molecule has 1 N–H and O–H groups in total. The third-order valence-electron chi connectivity index (χ3n) is 3.42. The van der Waals surface area contributed by atoms with Crippen molar-refractivity contribution < 1.29 is 12.8 Å². The fourth-order valence-electron chi connectivity index (χ4n) is 2.51. The van der Waals surface area contributed by atoms with E-state index in [1.807, 2.05) is 19.1 Å². The number of furan rings is 1. The first-order chi connectivity index (χ1) is 8.52. The lowest BCUT2D eigenvalue weighted by Gasteiger charge is -2.21. The van der Waals surface area contributed by atoms with Gasteiger partial charge < -0.3 is 9.73 Å². The SMILES string of the molecule is CCCNC(c1ccc(C)o1)C1CCS(=O)(=O)C1. The zero-order valence-electron chi connectivity index (χ0n) is 11.0. The second-order valence-electron chi connectivity index (χ2n) is 5.04. The van der Waals surface area contributed by atoms with Gasteiger partial charge in [0.15, 0.2) is 9.84 Å². The molecule has 2 unspecified atom stereocenters. The third-order valence-corrected chi connectivity index (χ3v) is 5.21. The summed E-state index contributed by atoms with van der Waals surface area (Å²) < 4.78 is 28.9. The van der Waals surface area contributed by atoms with Crippen molar-refractivity contribution in [2.45, 2.75) is 32.7 Å². The van der Waals surface area contributed by atoms with Crippen molar-refractivity contribution in [3.8, 4) is 0 Å². The molecule has 0 radical (unpaired) electrons. The molecule has 0 bridgehead atoms. The Balaban J connectivity index is 2.15. The molecule has 1 fully saturated rings. The maximum Gasteiger partial charge on any atom is 0.150 e. The summed E-state index contributed by atoms with van der Waals surface area (Å²) in [5, 5.41) is 3.42. The van der Waals surface area contributed by atoms with Crippen LogP contribution in [0.5, 0.6) is 0 Å². The van der Waals surface area contributed by atoms with E-state index in [0.29, 0.717) is 5.75 Å². The van der Waals surface area contributed by atoms with Gasteiger partial charge in [0.05, 0.1) is 17.5 Å². The van der Waals surface area contributed by atoms with Crippen LogP contribution in [-0.4, -0.2) is 26.5 Å². The smallest absolute Gasteiger partial charge is 0.150 e. The lowest BCUT2D eigenvalue weighted by molar-refractivity contribution is 0.324. The Bertz CT molecular complexity index is 492. The van der Waals surface area contributed by atoms with Crippen LogP contribution in [0.2, 0.25) is 0 Å². The molecule has 0 aromatic carbocycles. The molecule has 1 aromatic heterocycles. The van der Waals surface area contributed by atoms with Gasteiger partial charge in [-0.05, 0) is 44.4 Å². The van der Waals surface area contributed by atoms with Crippen LogP contribution in [0.1, 0.15) is 37.3 Å². The zero-order chi connectivity index (χ0) is 13.2. The lowest BCUT2D eigenvalue weighted by Crippen LogP contribution is -2.29. The predicted octanol–water partition coefficient (Wildman–Crippen LogP) is 2.06. The molecule has 0 spiro atoms. The minimum absolute atomic E-state index is 0.0240.